The number of ether oxygens (including phenoxy) is 4. The molecule has 1 fully saturated rings. The molecular formula is C27H32N4O5. The number of aromatic amines is 1. The molecule has 5 rings (SSSR count). The number of aromatic nitrogens is 2. The Morgan fingerprint density at radius 1 is 1.22 bits per heavy atom. The highest BCUT2D eigenvalue weighted by Crippen LogP contribution is 2.34. The highest BCUT2D eigenvalue weighted by atomic mass is 16.5. The number of benzene rings is 2. The molecule has 2 aliphatic heterocycles. The molecule has 36 heavy (non-hydrogen) atoms. The van der Waals surface area contributed by atoms with Gasteiger partial charge in [0.25, 0.3) is 0 Å². The molecular weight excluding hydrogens is 460 g/mol. The first-order chi connectivity index (χ1) is 17.6. The molecule has 1 aromatic heterocycles. The van der Waals surface area contributed by atoms with Gasteiger partial charge < -0.3 is 24.3 Å². The second-order valence-corrected chi connectivity index (χ2v) is 9.10. The second-order valence-electron chi connectivity index (χ2n) is 9.10. The minimum Gasteiger partial charge on any atom is -0.497 e. The lowest BCUT2D eigenvalue weighted by Crippen LogP contribution is -2.38. The maximum absolute atomic E-state index is 13.3. The Kier molecular flexibility index (Phi) is 7.39. The number of aryl methyl sites for hydroxylation is 1. The molecule has 0 radical (unpaired) electrons. The molecule has 1 amide bonds. The molecule has 1 saturated heterocycles. The average Bonchev–Trinajstić information content (AvgIpc) is 3.35. The standard InChI is InChI=1S/C27H32N4O5/c1-18-23(16-28-30-18)19-3-5-24(26(15-19)35-12-9-31-7-10-34-11-8-31)29-27(32)21-13-20-14-22(33-2)4-6-25(20)36-17-21/h3-6,14-16,21H,7-13,17H2,1-2H3,(H,28,30)(H,29,32)/t21-/m0/s1. The van der Waals surface area contributed by atoms with Crippen molar-refractivity contribution in [2.45, 2.75) is 13.3 Å². The van der Waals surface area contributed by atoms with Crippen molar-refractivity contribution in [3.05, 3.63) is 53.9 Å². The number of fused-ring (bicyclic) bond motifs is 1. The van der Waals surface area contributed by atoms with Crippen LogP contribution in [0.15, 0.2) is 42.6 Å². The van der Waals surface area contributed by atoms with E-state index in [1.54, 1.807) is 13.3 Å². The molecule has 0 bridgehead atoms. The van der Waals surface area contributed by atoms with Crippen molar-refractivity contribution in [3.63, 3.8) is 0 Å². The molecule has 0 aliphatic carbocycles. The second kappa shape index (κ2) is 11.0. The Bertz CT molecular complexity index is 1200. The third kappa shape index (κ3) is 5.47. The van der Waals surface area contributed by atoms with E-state index < -0.39 is 0 Å². The summed E-state index contributed by atoms with van der Waals surface area (Å²) in [5, 5.41) is 10.2. The van der Waals surface area contributed by atoms with Crippen molar-refractivity contribution in [2.75, 3.05) is 58.5 Å². The fraction of sp³-hybridized carbons (Fsp3) is 0.407. The number of morpholine rings is 1. The first-order valence-corrected chi connectivity index (χ1v) is 12.3. The number of amides is 1. The number of methoxy groups -OCH3 is 1. The van der Waals surface area contributed by atoms with Crippen molar-refractivity contribution in [1.29, 1.82) is 0 Å². The summed E-state index contributed by atoms with van der Waals surface area (Å²) in [4.78, 5) is 15.6. The predicted molar refractivity (Wildman–Crippen MR) is 136 cm³/mol. The van der Waals surface area contributed by atoms with Crippen LogP contribution >= 0.6 is 0 Å². The van der Waals surface area contributed by atoms with Crippen LogP contribution in [0, 0.1) is 12.8 Å². The van der Waals surface area contributed by atoms with E-state index in [-0.39, 0.29) is 11.8 Å². The van der Waals surface area contributed by atoms with Crippen LogP contribution in [0.5, 0.6) is 17.2 Å². The summed E-state index contributed by atoms with van der Waals surface area (Å²) in [6, 6.07) is 11.5. The van der Waals surface area contributed by atoms with E-state index in [1.807, 2.05) is 43.3 Å². The zero-order valence-electron chi connectivity index (χ0n) is 20.7. The van der Waals surface area contributed by atoms with Crippen LogP contribution < -0.4 is 19.5 Å². The van der Waals surface area contributed by atoms with Crippen LogP contribution in [0.1, 0.15) is 11.3 Å². The van der Waals surface area contributed by atoms with Gasteiger partial charge in [-0.15, -0.1) is 0 Å². The van der Waals surface area contributed by atoms with Gasteiger partial charge in [0.15, 0.2) is 0 Å². The van der Waals surface area contributed by atoms with Gasteiger partial charge in [0.2, 0.25) is 5.91 Å². The average molecular weight is 493 g/mol. The lowest BCUT2D eigenvalue weighted by atomic mass is 9.95. The maximum Gasteiger partial charge on any atom is 0.231 e. The Morgan fingerprint density at radius 3 is 2.86 bits per heavy atom. The smallest absolute Gasteiger partial charge is 0.231 e. The molecule has 0 spiro atoms. The minimum atomic E-state index is -0.318. The molecule has 0 unspecified atom stereocenters. The number of nitrogens with one attached hydrogen (secondary N) is 2. The molecule has 2 aliphatic rings. The van der Waals surface area contributed by atoms with Crippen LogP contribution in [0.25, 0.3) is 11.1 Å². The highest BCUT2D eigenvalue weighted by Gasteiger charge is 2.27. The van der Waals surface area contributed by atoms with Crippen LogP contribution in [0.2, 0.25) is 0 Å². The summed E-state index contributed by atoms with van der Waals surface area (Å²) >= 11 is 0. The molecule has 9 nitrogen and oxygen atoms in total. The Balaban J connectivity index is 1.31. The van der Waals surface area contributed by atoms with Gasteiger partial charge in [-0.25, -0.2) is 0 Å². The number of nitrogens with zero attached hydrogens (tertiary/aromatic N) is 2. The summed E-state index contributed by atoms with van der Waals surface area (Å²) in [7, 11) is 1.63. The Hall–Kier alpha value is -3.56. The lowest BCUT2D eigenvalue weighted by molar-refractivity contribution is -0.121. The molecule has 0 saturated carbocycles. The van der Waals surface area contributed by atoms with Crippen molar-refractivity contribution in [3.8, 4) is 28.4 Å². The normalized spacial score (nSPS) is 17.7. The summed E-state index contributed by atoms with van der Waals surface area (Å²) in [5.74, 6) is 1.76. The van der Waals surface area contributed by atoms with Gasteiger partial charge in [-0.05, 0) is 54.8 Å². The first-order valence-electron chi connectivity index (χ1n) is 12.3. The summed E-state index contributed by atoms with van der Waals surface area (Å²) < 4.78 is 22.8. The van der Waals surface area contributed by atoms with Gasteiger partial charge in [0, 0.05) is 30.9 Å². The third-order valence-corrected chi connectivity index (χ3v) is 6.69. The van der Waals surface area contributed by atoms with Crippen molar-refractivity contribution in [2.24, 2.45) is 5.92 Å². The quantitative estimate of drug-likeness (QED) is 0.498. The van der Waals surface area contributed by atoms with E-state index >= 15 is 0 Å². The van der Waals surface area contributed by atoms with Crippen LogP contribution in [0.4, 0.5) is 5.69 Å². The third-order valence-electron chi connectivity index (χ3n) is 6.69. The summed E-state index contributed by atoms with van der Waals surface area (Å²) in [5.41, 5.74) is 4.55. The Morgan fingerprint density at radius 2 is 2.08 bits per heavy atom. The molecule has 190 valence electrons. The fourth-order valence-electron chi connectivity index (χ4n) is 4.56. The minimum absolute atomic E-state index is 0.103. The molecule has 9 heteroatoms. The molecule has 3 heterocycles. The number of rotatable bonds is 8. The van der Waals surface area contributed by atoms with Gasteiger partial charge in [-0.1, -0.05) is 6.07 Å². The predicted octanol–water partition coefficient (Wildman–Crippen LogP) is 3.29. The van der Waals surface area contributed by atoms with Crippen molar-refractivity contribution < 1.29 is 23.7 Å². The molecule has 2 N–H and O–H groups in total. The van der Waals surface area contributed by atoms with E-state index in [0.29, 0.717) is 31.1 Å². The van der Waals surface area contributed by atoms with Gasteiger partial charge in [-0.3, -0.25) is 14.8 Å². The van der Waals surface area contributed by atoms with Crippen LogP contribution in [-0.2, 0) is 16.0 Å². The monoisotopic (exact) mass is 492 g/mol. The fourth-order valence-corrected chi connectivity index (χ4v) is 4.56. The zero-order chi connectivity index (χ0) is 24.9. The van der Waals surface area contributed by atoms with E-state index in [2.05, 4.69) is 20.4 Å². The van der Waals surface area contributed by atoms with Gasteiger partial charge in [0.1, 0.15) is 30.5 Å². The molecule has 1 atom stereocenters. The first kappa shape index (κ1) is 24.1. The van der Waals surface area contributed by atoms with Crippen molar-refractivity contribution in [1.82, 2.24) is 15.1 Å². The van der Waals surface area contributed by atoms with E-state index in [9.17, 15) is 4.79 Å². The van der Waals surface area contributed by atoms with E-state index in [0.717, 1.165) is 66.7 Å². The largest absolute Gasteiger partial charge is 0.497 e. The number of anilines is 1. The van der Waals surface area contributed by atoms with Crippen LogP contribution in [-0.4, -0.2) is 74.2 Å². The maximum atomic E-state index is 13.3. The zero-order valence-corrected chi connectivity index (χ0v) is 20.7. The lowest BCUT2D eigenvalue weighted by Gasteiger charge is -2.27. The van der Waals surface area contributed by atoms with E-state index in [4.69, 9.17) is 18.9 Å². The van der Waals surface area contributed by atoms with Gasteiger partial charge >= 0.3 is 0 Å². The van der Waals surface area contributed by atoms with Crippen LogP contribution in [0.3, 0.4) is 0 Å². The van der Waals surface area contributed by atoms with Crippen molar-refractivity contribution >= 4 is 11.6 Å². The van der Waals surface area contributed by atoms with Gasteiger partial charge in [0.05, 0.1) is 38.1 Å². The number of hydrogen-bond donors (Lipinski definition) is 2. The number of carbonyl (C=O) groups is 1. The molecule has 2 aromatic carbocycles. The summed E-state index contributed by atoms with van der Waals surface area (Å²) in [6.07, 6.45) is 2.38. The number of carbonyl (C=O) groups excluding carboxylic acids is 1. The number of hydrogen-bond acceptors (Lipinski definition) is 7. The number of H-pyrrole nitrogens is 1. The van der Waals surface area contributed by atoms with E-state index in [1.165, 1.54) is 0 Å². The summed E-state index contributed by atoms with van der Waals surface area (Å²) in [6.45, 7) is 6.89. The Labute approximate surface area is 210 Å². The SMILES string of the molecule is COc1ccc2c(c1)C[C@H](C(=O)Nc1ccc(-c3cn[nH]c3C)cc1OCCN1CCOCC1)CO2. The molecule has 3 aromatic rings. The van der Waals surface area contributed by atoms with Gasteiger partial charge in [-0.2, -0.15) is 5.10 Å². The topological polar surface area (TPSA) is 97.9 Å². The highest BCUT2D eigenvalue weighted by molar-refractivity contribution is 5.95.